The van der Waals surface area contributed by atoms with E-state index < -0.39 is 23.9 Å². The maximum atomic E-state index is 12.9. The SMILES string of the molecule is COc1cc(NC(=O)CN2C(=O)N[C@@H](c3ccc(SC)cc3)C3=C2COC3=O)cc(OC)c1. The number of cyclic esters (lactones) is 1. The van der Waals surface area contributed by atoms with E-state index >= 15 is 0 Å². The van der Waals surface area contributed by atoms with Gasteiger partial charge in [0.1, 0.15) is 24.7 Å². The van der Waals surface area contributed by atoms with Crippen molar-refractivity contribution < 1.29 is 28.6 Å². The maximum absolute atomic E-state index is 12.9. The molecular formula is C23H23N3O6S. The van der Waals surface area contributed by atoms with Crippen molar-refractivity contribution in [3.8, 4) is 11.5 Å². The highest BCUT2D eigenvalue weighted by Crippen LogP contribution is 2.35. The molecule has 1 atom stereocenters. The van der Waals surface area contributed by atoms with Gasteiger partial charge in [-0.15, -0.1) is 11.8 Å². The topological polar surface area (TPSA) is 106 Å². The number of anilines is 1. The van der Waals surface area contributed by atoms with E-state index in [9.17, 15) is 14.4 Å². The molecule has 2 heterocycles. The average Bonchev–Trinajstić information content (AvgIpc) is 3.21. The number of esters is 1. The van der Waals surface area contributed by atoms with Gasteiger partial charge in [0.2, 0.25) is 5.91 Å². The van der Waals surface area contributed by atoms with Crippen molar-refractivity contribution >= 4 is 35.4 Å². The lowest BCUT2D eigenvalue weighted by molar-refractivity contribution is -0.136. The van der Waals surface area contributed by atoms with Gasteiger partial charge in [0, 0.05) is 28.8 Å². The number of urea groups is 1. The summed E-state index contributed by atoms with van der Waals surface area (Å²) < 4.78 is 15.6. The number of nitrogens with one attached hydrogen (secondary N) is 2. The normalized spacial score (nSPS) is 17.3. The fourth-order valence-electron chi connectivity index (χ4n) is 3.75. The van der Waals surface area contributed by atoms with Crippen LogP contribution in [0.1, 0.15) is 11.6 Å². The predicted molar refractivity (Wildman–Crippen MR) is 122 cm³/mol. The zero-order valence-electron chi connectivity index (χ0n) is 18.3. The summed E-state index contributed by atoms with van der Waals surface area (Å²) in [4.78, 5) is 40.5. The van der Waals surface area contributed by atoms with Crippen LogP contribution in [-0.2, 0) is 14.3 Å². The molecule has 2 aromatic rings. The number of methoxy groups -OCH3 is 2. The van der Waals surface area contributed by atoms with Crippen molar-refractivity contribution in [3.05, 3.63) is 59.3 Å². The first-order valence-electron chi connectivity index (χ1n) is 10.1. The van der Waals surface area contributed by atoms with E-state index in [4.69, 9.17) is 14.2 Å². The van der Waals surface area contributed by atoms with Crippen molar-refractivity contribution in [3.63, 3.8) is 0 Å². The van der Waals surface area contributed by atoms with Crippen LogP contribution in [0.25, 0.3) is 0 Å². The van der Waals surface area contributed by atoms with Crippen molar-refractivity contribution in [2.45, 2.75) is 10.9 Å². The highest BCUT2D eigenvalue weighted by molar-refractivity contribution is 7.98. The van der Waals surface area contributed by atoms with Gasteiger partial charge in [0.05, 0.1) is 31.5 Å². The highest BCUT2D eigenvalue weighted by Gasteiger charge is 2.42. The number of hydrogen-bond donors (Lipinski definition) is 2. The summed E-state index contributed by atoms with van der Waals surface area (Å²) in [7, 11) is 3.02. The second-order valence-electron chi connectivity index (χ2n) is 7.33. The Kier molecular flexibility index (Phi) is 6.45. The van der Waals surface area contributed by atoms with Gasteiger partial charge >= 0.3 is 12.0 Å². The average molecular weight is 470 g/mol. The molecule has 2 aliphatic rings. The Labute approximate surface area is 195 Å². The molecule has 9 nitrogen and oxygen atoms in total. The fourth-order valence-corrected chi connectivity index (χ4v) is 4.16. The zero-order valence-corrected chi connectivity index (χ0v) is 19.2. The van der Waals surface area contributed by atoms with Crippen molar-refractivity contribution in [2.75, 3.05) is 38.9 Å². The lowest BCUT2D eigenvalue weighted by Crippen LogP contribution is -2.49. The predicted octanol–water partition coefficient (Wildman–Crippen LogP) is 2.94. The van der Waals surface area contributed by atoms with Crippen LogP contribution in [0.3, 0.4) is 0 Å². The second kappa shape index (κ2) is 9.45. The minimum absolute atomic E-state index is 0.0682. The molecule has 2 N–H and O–H groups in total. The van der Waals surface area contributed by atoms with E-state index in [1.165, 1.54) is 19.1 Å². The van der Waals surface area contributed by atoms with E-state index in [1.54, 1.807) is 30.0 Å². The summed E-state index contributed by atoms with van der Waals surface area (Å²) in [6, 6.07) is 11.4. The van der Waals surface area contributed by atoms with Gasteiger partial charge in [-0.1, -0.05) is 12.1 Å². The van der Waals surface area contributed by atoms with Crippen molar-refractivity contribution in [1.29, 1.82) is 0 Å². The number of carbonyl (C=O) groups is 3. The Morgan fingerprint density at radius 1 is 1.15 bits per heavy atom. The second-order valence-corrected chi connectivity index (χ2v) is 8.21. The first-order chi connectivity index (χ1) is 15.9. The van der Waals surface area contributed by atoms with Gasteiger partial charge in [0.15, 0.2) is 0 Å². The van der Waals surface area contributed by atoms with Crippen LogP contribution in [0.15, 0.2) is 58.6 Å². The molecule has 0 saturated carbocycles. The Bertz CT molecular complexity index is 1110. The number of ether oxygens (including phenoxy) is 3. The number of benzene rings is 2. The van der Waals surface area contributed by atoms with E-state index in [0.29, 0.717) is 28.5 Å². The van der Waals surface area contributed by atoms with Crippen molar-refractivity contribution in [2.24, 2.45) is 0 Å². The van der Waals surface area contributed by atoms with Gasteiger partial charge < -0.3 is 24.8 Å². The number of thioether (sulfide) groups is 1. The minimum atomic E-state index is -0.639. The Hall–Kier alpha value is -3.66. The molecule has 0 saturated heterocycles. The summed E-state index contributed by atoms with van der Waals surface area (Å²) >= 11 is 1.60. The minimum Gasteiger partial charge on any atom is -0.497 e. The largest absolute Gasteiger partial charge is 0.497 e. The molecule has 0 radical (unpaired) electrons. The van der Waals surface area contributed by atoms with Gasteiger partial charge in [-0.05, 0) is 24.0 Å². The summed E-state index contributed by atoms with van der Waals surface area (Å²) in [6.45, 7) is -0.361. The van der Waals surface area contributed by atoms with Crippen LogP contribution in [0.5, 0.6) is 11.5 Å². The van der Waals surface area contributed by atoms with E-state index in [-0.39, 0.29) is 13.2 Å². The first kappa shape index (κ1) is 22.5. The molecule has 33 heavy (non-hydrogen) atoms. The van der Waals surface area contributed by atoms with Crippen molar-refractivity contribution in [1.82, 2.24) is 10.2 Å². The lowest BCUT2D eigenvalue weighted by Gasteiger charge is -2.32. The Morgan fingerprint density at radius 3 is 2.42 bits per heavy atom. The molecule has 172 valence electrons. The molecule has 10 heteroatoms. The molecule has 0 bridgehead atoms. The number of carbonyl (C=O) groups excluding carboxylic acids is 3. The van der Waals surface area contributed by atoms with E-state index in [2.05, 4.69) is 10.6 Å². The fraction of sp³-hybridized carbons (Fsp3) is 0.261. The molecular weight excluding hydrogens is 446 g/mol. The zero-order chi connectivity index (χ0) is 23.5. The Morgan fingerprint density at radius 2 is 1.82 bits per heavy atom. The third kappa shape index (κ3) is 4.61. The van der Waals surface area contributed by atoms with Gasteiger partial charge in [-0.3, -0.25) is 9.69 Å². The smallest absolute Gasteiger partial charge is 0.338 e. The molecule has 3 amide bonds. The van der Waals surface area contributed by atoms with E-state index in [1.807, 2.05) is 30.5 Å². The summed E-state index contributed by atoms with van der Waals surface area (Å²) in [6.07, 6.45) is 1.97. The molecule has 2 aromatic carbocycles. The van der Waals surface area contributed by atoms with E-state index in [0.717, 1.165) is 10.5 Å². The third-order valence-electron chi connectivity index (χ3n) is 5.38. The molecule has 0 aromatic heterocycles. The molecule has 2 aliphatic heterocycles. The number of nitrogens with zero attached hydrogens (tertiary/aromatic N) is 1. The van der Waals surface area contributed by atoms with Crippen LogP contribution in [0, 0.1) is 0 Å². The van der Waals surface area contributed by atoms with Crippen LogP contribution in [-0.4, -0.2) is 56.4 Å². The van der Waals surface area contributed by atoms with Crippen LogP contribution < -0.4 is 20.1 Å². The highest BCUT2D eigenvalue weighted by atomic mass is 32.2. The number of rotatable bonds is 7. The molecule has 0 spiro atoms. The van der Waals surface area contributed by atoms with Gasteiger partial charge in [-0.25, -0.2) is 9.59 Å². The van der Waals surface area contributed by atoms with Crippen LogP contribution in [0.4, 0.5) is 10.5 Å². The first-order valence-corrected chi connectivity index (χ1v) is 11.3. The monoisotopic (exact) mass is 469 g/mol. The quantitative estimate of drug-likeness (QED) is 0.474. The molecule has 0 aliphatic carbocycles. The summed E-state index contributed by atoms with van der Waals surface area (Å²) in [5, 5.41) is 5.56. The van der Waals surface area contributed by atoms with Gasteiger partial charge in [0.25, 0.3) is 0 Å². The van der Waals surface area contributed by atoms with Crippen LogP contribution in [0.2, 0.25) is 0 Å². The van der Waals surface area contributed by atoms with Crippen LogP contribution >= 0.6 is 11.8 Å². The lowest BCUT2D eigenvalue weighted by atomic mass is 9.96. The molecule has 0 fully saturated rings. The van der Waals surface area contributed by atoms with Gasteiger partial charge in [-0.2, -0.15) is 0 Å². The summed E-state index contributed by atoms with van der Waals surface area (Å²) in [5.41, 5.74) is 1.94. The Balaban J connectivity index is 1.56. The standard InChI is InChI=1S/C23H23N3O6S/c1-30-15-8-14(9-16(10-15)31-2)24-19(27)11-26-18-12-32-22(28)20(18)21(25-23(26)29)13-4-6-17(33-3)7-5-13/h4-10,21H,11-12H2,1-3H3,(H,24,27)(H,25,29)/t21-/m0/s1. The number of hydrogen-bond acceptors (Lipinski definition) is 7. The number of amides is 3. The third-order valence-corrected chi connectivity index (χ3v) is 6.13. The maximum Gasteiger partial charge on any atom is 0.338 e. The summed E-state index contributed by atoms with van der Waals surface area (Å²) in [5.74, 6) is 0.0623. The molecule has 0 unspecified atom stereocenters. The molecule has 4 rings (SSSR count).